The first kappa shape index (κ1) is 14.4. The molecule has 3 aliphatic heterocycles. The number of hydrogen-bond donors (Lipinski definition) is 0. The van der Waals surface area contributed by atoms with Gasteiger partial charge in [-0.05, 0) is 36.1 Å². The summed E-state index contributed by atoms with van der Waals surface area (Å²) in [5.41, 5.74) is 2.59. The molecule has 124 valence electrons. The third-order valence-corrected chi connectivity index (χ3v) is 5.50. The minimum atomic E-state index is -0.863. The van der Waals surface area contributed by atoms with E-state index in [9.17, 15) is 14.4 Å². The highest BCUT2D eigenvalue weighted by Gasteiger charge is 2.50. The molecule has 0 bridgehead atoms. The number of rotatable bonds is 1. The first-order valence-corrected chi connectivity index (χ1v) is 8.54. The normalized spacial score (nSPS) is 24.4. The van der Waals surface area contributed by atoms with Gasteiger partial charge < -0.3 is 4.90 Å². The molecule has 0 spiro atoms. The molecule has 0 saturated carbocycles. The number of fused-ring (bicyclic) bond motifs is 4. The van der Waals surface area contributed by atoms with E-state index >= 15 is 0 Å². The van der Waals surface area contributed by atoms with Crippen molar-refractivity contribution in [3.63, 3.8) is 0 Å². The number of carbonyl (C=O) groups excluding carboxylic acids is 3. The summed E-state index contributed by atoms with van der Waals surface area (Å²) in [6, 6.07) is 13.7. The van der Waals surface area contributed by atoms with Gasteiger partial charge in [0.1, 0.15) is 6.04 Å². The fourth-order valence-corrected chi connectivity index (χ4v) is 4.40. The van der Waals surface area contributed by atoms with Crippen LogP contribution in [0.5, 0.6) is 0 Å². The summed E-state index contributed by atoms with van der Waals surface area (Å²) < 4.78 is 0. The van der Waals surface area contributed by atoms with Crippen LogP contribution < -0.4 is 0 Å². The van der Waals surface area contributed by atoms with Crippen molar-refractivity contribution in [3.8, 4) is 0 Å². The Kier molecular flexibility index (Phi) is 2.89. The predicted molar refractivity (Wildman–Crippen MR) is 89.8 cm³/mol. The Morgan fingerprint density at radius 1 is 0.800 bits per heavy atom. The Morgan fingerprint density at radius 2 is 1.40 bits per heavy atom. The third-order valence-electron chi connectivity index (χ3n) is 5.50. The first-order valence-electron chi connectivity index (χ1n) is 8.54. The van der Waals surface area contributed by atoms with Crippen LogP contribution in [0.1, 0.15) is 56.8 Å². The van der Waals surface area contributed by atoms with Gasteiger partial charge in [0.25, 0.3) is 17.7 Å². The minimum absolute atomic E-state index is 0.0649. The number of imide groups is 1. The van der Waals surface area contributed by atoms with Crippen LogP contribution in [0, 0.1) is 0 Å². The second kappa shape index (κ2) is 5.02. The quantitative estimate of drug-likeness (QED) is 0.755. The molecule has 5 nitrogen and oxygen atoms in total. The Balaban J connectivity index is 1.67. The summed E-state index contributed by atoms with van der Waals surface area (Å²) >= 11 is 0. The summed E-state index contributed by atoms with van der Waals surface area (Å²) in [5, 5.41) is 0. The number of hydrogen-bond acceptors (Lipinski definition) is 3. The van der Waals surface area contributed by atoms with Gasteiger partial charge in [-0.2, -0.15) is 0 Å². The van der Waals surface area contributed by atoms with Gasteiger partial charge in [0, 0.05) is 6.54 Å². The maximum atomic E-state index is 13.2. The van der Waals surface area contributed by atoms with Crippen molar-refractivity contribution in [2.45, 2.75) is 24.9 Å². The molecule has 2 aromatic rings. The molecule has 2 aromatic carbocycles. The van der Waals surface area contributed by atoms with E-state index in [2.05, 4.69) is 0 Å². The standard InChI is InChI=1S/C20H16N2O3/c23-18-14-8-3-4-9-15(14)19(24)22(18)17-13-7-2-1-6-12(13)16-10-5-11-21(16)20(17)25/h1-4,6-9,16-17H,5,10-11H2/t16-,17-/m1/s1. The van der Waals surface area contributed by atoms with Crippen molar-refractivity contribution in [2.24, 2.45) is 0 Å². The van der Waals surface area contributed by atoms with E-state index in [4.69, 9.17) is 0 Å². The Hall–Kier alpha value is -2.95. The van der Waals surface area contributed by atoms with E-state index in [0.29, 0.717) is 17.7 Å². The van der Waals surface area contributed by atoms with Crippen LogP contribution >= 0.6 is 0 Å². The van der Waals surface area contributed by atoms with Crippen LogP contribution in [-0.2, 0) is 4.79 Å². The average Bonchev–Trinajstić information content (AvgIpc) is 3.22. The van der Waals surface area contributed by atoms with E-state index in [-0.39, 0.29) is 23.8 Å². The maximum absolute atomic E-state index is 13.2. The predicted octanol–water partition coefficient (Wildman–Crippen LogP) is 2.70. The molecule has 5 rings (SSSR count). The highest BCUT2D eigenvalue weighted by atomic mass is 16.2. The zero-order valence-corrected chi connectivity index (χ0v) is 13.5. The first-order chi connectivity index (χ1) is 12.2. The zero-order chi connectivity index (χ0) is 17.1. The summed E-state index contributed by atoms with van der Waals surface area (Å²) in [6.07, 6.45) is 1.87. The molecule has 0 unspecified atom stereocenters. The van der Waals surface area contributed by atoms with Crippen molar-refractivity contribution >= 4 is 17.7 Å². The van der Waals surface area contributed by atoms with Gasteiger partial charge in [-0.3, -0.25) is 19.3 Å². The topological polar surface area (TPSA) is 57.7 Å². The molecule has 0 aliphatic carbocycles. The molecule has 0 N–H and O–H groups in total. The maximum Gasteiger partial charge on any atom is 0.262 e. The summed E-state index contributed by atoms with van der Waals surface area (Å²) in [4.78, 5) is 41.9. The Labute approximate surface area is 144 Å². The number of carbonyl (C=O) groups is 3. The number of benzene rings is 2. The van der Waals surface area contributed by atoms with Crippen LogP contribution in [0.25, 0.3) is 0 Å². The van der Waals surface area contributed by atoms with Gasteiger partial charge in [0.05, 0.1) is 17.2 Å². The molecule has 3 amide bonds. The van der Waals surface area contributed by atoms with Gasteiger partial charge in [-0.1, -0.05) is 36.4 Å². The van der Waals surface area contributed by atoms with E-state index < -0.39 is 6.04 Å². The van der Waals surface area contributed by atoms with Crippen molar-refractivity contribution in [3.05, 3.63) is 70.8 Å². The minimum Gasteiger partial charge on any atom is -0.334 e. The SMILES string of the molecule is O=C1[C@H](N2C(=O)c3ccccc3C2=O)c2ccccc2[C@H]2CCCN12. The van der Waals surface area contributed by atoms with Crippen LogP contribution in [0.2, 0.25) is 0 Å². The van der Waals surface area contributed by atoms with Crippen LogP contribution in [0.15, 0.2) is 48.5 Å². The molecule has 0 aromatic heterocycles. The molecule has 1 fully saturated rings. The molecule has 3 heterocycles. The second-order valence-corrected chi connectivity index (χ2v) is 6.75. The van der Waals surface area contributed by atoms with E-state index in [0.717, 1.165) is 28.9 Å². The molecule has 3 aliphatic rings. The summed E-state index contributed by atoms with van der Waals surface area (Å²) in [5.74, 6) is -0.909. The lowest BCUT2D eigenvalue weighted by Gasteiger charge is -2.39. The summed E-state index contributed by atoms with van der Waals surface area (Å²) in [6.45, 7) is 0.678. The van der Waals surface area contributed by atoms with Crippen LogP contribution in [-0.4, -0.2) is 34.1 Å². The zero-order valence-electron chi connectivity index (χ0n) is 13.5. The van der Waals surface area contributed by atoms with Crippen molar-refractivity contribution in [1.82, 2.24) is 9.80 Å². The molecule has 25 heavy (non-hydrogen) atoms. The van der Waals surface area contributed by atoms with Gasteiger partial charge in [-0.25, -0.2) is 0 Å². The number of amides is 3. The molecule has 1 saturated heterocycles. The fraction of sp³-hybridized carbons (Fsp3) is 0.250. The van der Waals surface area contributed by atoms with Gasteiger partial charge in [-0.15, -0.1) is 0 Å². The number of nitrogens with zero attached hydrogens (tertiary/aromatic N) is 2. The van der Waals surface area contributed by atoms with E-state index in [1.54, 1.807) is 24.3 Å². The smallest absolute Gasteiger partial charge is 0.262 e. The second-order valence-electron chi connectivity index (χ2n) is 6.75. The van der Waals surface area contributed by atoms with Gasteiger partial charge in [0.15, 0.2) is 0 Å². The largest absolute Gasteiger partial charge is 0.334 e. The van der Waals surface area contributed by atoms with Crippen molar-refractivity contribution in [2.75, 3.05) is 6.54 Å². The van der Waals surface area contributed by atoms with Gasteiger partial charge >= 0.3 is 0 Å². The van der Waals surface area contributed by atoms with E-state index in [1.807, 2.05) is 29.2 Å². The summed E-state index contributed by atoms with van der Waals surface area (Å²) in [7, 11) is 0. The molecular formula is C20H16N2O3. The van der Waals surface area contributed by atoms with Gasteiger partial charge in [0.2, 0.25) is 0 Å². The highest BCUT2D eigenvalue weighted by molar-refractivity contribution is 6.23. The van der Waals surface area contributed by atoms with Crippen LogP contribution in [0.4, 0.5) is 0 Å². The highest BCUT2D eigenvalue weighted by Crippen LogP contribution is 2.45. The lowest BCUT2D eigenvalue weighted by atomic mass is 9.88. The fourth-order valence-electron chi connectivity index (χ4n) is 4.40. The molecular weight excluding hydrogens is 316 g/mol. The van der Waals surface area contributed by atoms with Crippen molar-refractivity contribution in [1.29, 1.82) is 0 Å². The van der Waals surface area contributed by atoms with Crippen LogP contribution in [0.3, 0.4) is 0 Å². The Morgan fingerprint density at radius 3 is 2.08 bits per heavy atom. The Bertz CT molecular complexity index is 901. The average molecular weight is 332 g/mol. The molecule has 5 heteroatoms. The molecule has 2 atom stereocenters. The lowest BCUT2D eigenvalue weighted by molar-refractivity contribution is -0.138. The van der Waals surface area contributed by atoms with E-state index in [1.165, 1.54) is 0 Å². The molecule has 0 radical (unpaired) electrons. The lowest BCUT2D eigenvalue weighted by Crippen LogP contribution is -2.48. The monoisotopic (exact) mass is 332 g/mol. The third kappa shape index (κ3) is 1.81. The van der Waals surface area contributed by atoms with Crippen molar-refractivity contribution < 1.29 is 14.4 Å².